The average molecular weight is 371 g/mol. The zero-order chi connectivity index (χ0) is 18.8. The lowest BCUT2D eigenvalue weighted by Gasteiger charge is -2.26. The summed E-state index contributed by atoms with van der Waals surface area (Å²) >= 11 is 1.43. The average Bonchev–Trinajstić information content (AvgIpc) is 2.65. The minimum atomic E-state index is -0.456. The molecule has 2 aromatic carbocycles. The van der Waals surface area contributed by atoms with Crippen molar-refractivity contribution in [2.24, 2.45) is 0 Å². The highest BCUT2D eigenvalue weighted by Crippen LogP contribution is 2.33. The predicted octanol–water partition coefficient (Wildman–Crippen LogP) is 3.47. The van der Waals surface area contributed by atoms with Crippen LogP contribution in [0.3, 0.4) is 0 Å². The number of amides is 2. The molecule has 0 spiro atoms. The van der Waals surface area contributed by atoms with Crippen LogP contribution in [0.25, 0.3) is 0 Å². The van der Waals surface area contributed by atoms with Gasteiger partial charge in [-0.1, -0.05) is 12.1 Å². The molecular weight excluding hydrogens is 354 g/mol. The van der Waals surface area contributed by atoms with Crippen LogP contribution in [0.2, 0.25) is 0 Å². The van der Waals surface area contributed by atoms with Crippen LogP contribution in [0.4, 0.5) is 11.4 Å². The van der Waals surface area contributed by atoms with Gasteiger partial charge >= 0.3 is 0 Å². The Bertz CT molecular complexity index is 900. The topological polar surface area (TPSA) is 92.6 Å². The minimum absolute atomic E-state index is 0.0104. The Hall–Kier alpha value is -2.87. The van der Waals surface area contributed by atoms with E-state index in [9.17, 15) is 19.7 Å². The lowest BCUT2D eigenvalue weighted by Crippen LogP contribution is -2.30. The first-order valence-electron chi connectivity index (χ1n) is 7.95. The van der Waals surface area contributed by atoms with Gasteiger partial charge in [0.05, 0.1) is 22.4 Å². The van der Waals surface area contributed by atoms with Crippen molar-refractivity contribution in [1.82, 2.24) is 4.90 Å². The molecule has 0 aliphatic carbocycles. The molecule has 1 atom stereocenters. The highest BCUT2D eigenvalue weighted by atomic mass is 32.2. The molecule has 0 saturated heterocycles. The molecule has 26 heavy (non-hydrogen) atoms. The normalized spacial score (nSPS) is 14.2. The number of fused-ring (bicyclic) bond motifs is 1. The smallest absolute Gasteiger partial charge is 0.269 e. The van der Waals surface area contributed by atoms with Crippen LogP contribution in [0.1, 0.15) is 28.9 Å². The third kappa shape index (κ3) is 3.55. The van der Waals surface area contributed by atoms with Gasteiger partial charge in [-0.25, -0.2) is 0 Å². The van der Waals surface area contributed by atoms with Gasteiger partial charge in [-0.15, -0.1) is 11.8 Å². The molecule has 7 nitrogen and oxygen atoms in total. The fraction of sp³-hybridized carbons (Fsp3) is 0.222. The summed E-state index contributed by atoms with van der Waals surface area (Å²) in [7, 11) is 1.65. The Kier molecular flexibility index (Phi) is 4.94. The maximum atomic E-state index is 12.8. The quantitative estimate of drug-likeness (QED) is 0.656. The molecule has 1 heterocycles. The molecule has 0 radical (unpaired) electrons. The highest BCUT2D eigenvalue weighted by Gasteiger charge is 2.23. The van der Waals surface area contributed by atoms with E-state index in [4.69, 9.17) is 0 Å². The SMILES string of the molecule is C[C@H](c1cccc([N+](=O)[O-])c1)N(C)C(=O)c1ccc2c(c1)NC(=O)CS2. The van der Waals surface area contributed by atoms with Crippen LogP contribution in [0.5, 0.6) is 0 Å². The van der Waals surface area contributed by atoms with Gasteiger partial charge in [0.25, 0.3) is 11.6 Å². The van der Waals surface area contributed by atoms with E-state index >= 15 is 0 Å². The molecule has 2 amide bonds. The summed E-state index contributed by atoms with van der Waals surface area (Å²) in [5.74, 6) is 0.0475. The summed E-state index contributed by atoms with van der Waals surface area (Å²) in [5, 5.41) is 13.7. The van der Waals surface area contributed by atoms with Crippen LogP contribution < -0.4 is 5.32 Å². The van der Waals surface area contributed by atoms with Gasteiger partial charge < -0.3 is 10.2 Å². The summed E-state index contributed by atoms with van der Waals surface area (Å²) < 4.78 is 0. The summed E-state index contributed by atoms with van der Waals surface area (Å²) in [4.78, 5) is 37.3. The van der Waals surface area contributed by atoms with E-state index in [0.717, 1.165) is 4.90 Å². The van der Waals surface area contributed by atoms with Gasteiger partial charge in [-0.3, -0.25) is 19.7 Å². The van der Waals surface area contributed by atoms with Crippen LogP contribution in [-0.4, -0.2) is 34.4 Å². The van der Waals surface area contributed by atoms with Gasteiger partial charge in [0.1, 0.15) is 0 Å². The Morgan fingerprint density at radius 3 is 2.81 bits per heavy atom. The molecule has 134 valence electrons. The molecule has 3 rings (SSSR count). The third-order valence-corrected chi connectivity index (χ3v) is 5.40. The number of benzene rings is 2. The van der Waals surface area contributed by atoms with Crippen molar-refractivity contribution in [3.8, 4) is 0 Å². The van der Waals surface area contributed by atoms with Gasteiger partial charge in [-0.05, 0) is 30.7 Å². The number of nitrogens with zero attached hydrogens (tertiary/aromatic N) is 2. The lowest BCUT2D eigenvalue weighted by molar-refractivity contribution is -0.384. The Morgan fingerprint density at radius 2 is 2.08 bits per heavy atom. The predicted molar refractivity (Wildman–Crippen MR) is 99.4 cm³/mol. The molecule has 0 saturated carbocycles. The van der Waals surface area contributed by atoms with E-state index in [1.165, 1.54) is 28.8 Å². The van der Waals surface area contributed by atoms with E-state index in [-0.39, 0.29) is 23.5 Å². The second-order valence-electron chi connectivity index (χ2n) is 5.99. The molecule has 2 aromatic rings. The van der Waals surface area contributed by atoms with Crippen LogP contribution in [0.15, 0.2) is 47.4 Å². The standard InChI is InChI=1S/C18H17N3O4S/c1-11(12-4-3-5-14(8-12)21(24)25)20(2)18(23)13-6-7-16-15(9-13)19-17(22)10-26-16/h3-9,11H,10H2,1-2H3,(H,19,22)/t11-/m1/s1. The molecule has 1 aliphatic heterocycles. The van der Waals surface area contributed by atoms with Gasteiger partial charge in [0.15, 0.2) is 0 Å². The monoisotopic (exact) mass is 371 g/mol. The van der Waals surface area contributed by atoms with E-state index in [1.807, 2.05) is 13.0 Å². The second kappa shape index (κ2) is 7.17. The zero-order valence-electron chi connectivity index (χ0n) is 14.3. The van der Waals surface area contributed by atoms with Crippen molar-refractivity contribution in [1.29, 1.82) is 0 Å². The number of hydrogen-bond donors (Lipinski definition) is 1. The molecule has 0 unspecified atom stereocenters. The number of nitro benzene ring substituents is 1. The summed E-state index contributed by atoms with van der Waals surface area (Å²) in [5.41, 5.74) is 1.75. The molecule has 1 N–H and O–H groups in total. The maximum absolute atomic E-state index is 12.8. The van der Waals surface area contributed by atoms with Crippen molar-refractivity contribution in [2.75, 3.05) is 18.1 Å². The first-order chi connectivity index (χ1) is 12.4. The molecule has 0 aromatic heterocycles. The number of non-ortho nitro benzene ring substituents is 1. The fourth-order valence-electron chi connectivity index (χ4n) is 2.72. The van der Waals surface area contributed by atoms with E-state index < -0.39 is 4.92 Å². The molecule has 1 aliphatic rings. The fourth-order valence-corrected chi connectivity index (χ4v) is 3.51. The van der Waals surface area contributed by atoms with E-state index in [0.29, 0.717) is 22.6 Å². The number of rotatable bonds is 4. The van der Waals surface area contributed by atoms with Crippen LogP contribution in [-0.2, 0) is 4.79 Å². The number of nitro groups is 1. The van der Waals surface area contributed by atoms with Crippen molar-refractivity contribution >= 4 is 35.0 Å². The number of nitrogens with one attached hydrogen (secondary N) is 1. The minimum Gasteiger partial charge on any atom is -0.335 e. The van der Waals surface area contributed by atoms with Crippen molar-refractivity contribution in [2.45, 2.75) is 17.9 Å². The van der Waals surface area contributed by atoms with Gasteiger partial charge in [0.2, 0.25) is 5.91 Å². The van der Waals surface area contributed by atoms with E-state index in [2.05, 4.69) is 5.32 Å². The lowest BCUT2D eigenvalue weighted by atomic mass is 10.1. The maximum Gasteiger partial charge on any atom is 0.269 e. The van der Waals surface area contributed by atoms with Gasteiger partial charge in [0, 0.05) is 29.6 Å². The first kappa shape index (κ1) is 17.9. The number of hydrogen-bond acceptors (Lipinski definition) is 5. The first-order valence-corrected chi connectivity index (χ1v) is 8.93. The number of carbonyl (C=O) groups excluding carboxylic acids is 2. The molecule has 0 bridgehead atoms. The summed E-state index contributed by atoms with van der Waals surface area (Å²) in [6.45, 7) is 1.81. The second-order valence-corrected chi connectivity index (χ2v) is 7.01. The molecule has 8 heteroatoms. The van der Waals surface area contributed by atoms with Crippen molar-refractivity contribution in [3.05, 3.63) is 63.7 Å². The zero-order valence-corrected chi connectivity index (χ0v) is 15.1. The summed E-state index contributed by atoms with van der Waals surface area (Å²) in [6.07, 6.45) is 0. The van der Waals surface area contributed by atoms with Crippen molar-refractivity contribution < 1.29 is 14.5 Å². The summed E-state index contributed by atoms with van der Waals surface area (Å²) in [6, 6.07) is 11.1. The van der Waals surface area contributed by atoms with Crippen LogP contribution in [0, 0.1) is 10.1 Å². The highest BCUT2D eigenvalue weighted by molar-refractivity contribution is 8.00. The Morgan fingerprint density at radius 1 is 1.31 bits per heavy atom. The largest absolute Gasteiger partial charge is 0.335 e. The number of anilines is 1. The van der Waals surface area contributed by atoms with E-state index in [1.54, 1.807) is 31.3 Å². The van der Waals surface area contributed by atoms with Gasteiger partial charge in [-0.2, -0.15) is 0 Å². The third-order valence-electron chi connectivity index (χ3n) is 4.32. The van der Waals surface area contributed by atoms with Crippen molar-refractivity contribution in [3.63, 3.8) is 0 Å². The Labute approximate surface area is 154 Å². The molecular formula is C18H17N3O4S. The van der Waals surface area contributed by atoms with Crippen LogP contribution >= 0.6 is 11.8 Å². The number of carbonyl (C=O) groups is 2. The Balaban J connectivity index is 1.83. The number of thioether (sulfide) groups is 1. The molecule has 0 fully saturated rings.